The summed E-state index contributed by atoms with van der Waals surface area (Å²) in [7, 11) is 1.83. The van der Waals surface area contributed by atoms with Gasteiger partial charge in [0.1, 0.15) is 19.3 Å². The van der Waals surface area contributed by atoms with Crippen LogP contribution in [0.1, 0.15) is 29.4 Å². The number of benzene rings is 1. The lowest BCUT2D eigenvalue weighted by atomic mass is 10.0. The van der Waals surface area contributed by atoms with Crippen molar-refractivity contribution in [1.82, 2.24) is 14.7 Å². The molecule has 1 aromatic carbocycles. The number of hydrogen-bond acceptors (Lipinski definition) is 5. The number of rotatable bonds is 7. The van der Waals surface area contributed by atoms with E-state index in [9.17, 15) is 9.90 Å². The molecule has 1 atom stereocenters. The lowest BCUT2D eigenvalue weighted by molar-refractivity contribution is -0.143. The van der Waals surface area contributed by atoms with Crippen molar-refractivity contribution in [2.24, 2.45) is 0 Å². The second-order valence-electron chi connectivity index (χ2n) is 6.63. The van der Waals surface area contributed by atoms with Gasteiger partial charge in [0.15, 0.2) is 11.5 Å². The Morgan fingerprint density at radius 2 is 2.00 bits per heavy atom. The van der Waals surface area contributed by atoms with Gasteiger partial charge in [-0.2, -0.15) is 5.10 Å². The fraction of sp³-hybridized carbons (Fsp3) is 0.474. The summed E-state index contributed by atoms with van der Waals surface area (Å²) in [4.78, 5) is 13.7. The van der Waals surface area contributed by atoms with Gasteiger partial charge in [0.2, 0.25) is 0 Å². The minimum absolute atomic E-state index is 0.479. The van der Waals surface area contributed by atoms with Crippen LogP contribution in [-0.2, 0) is 11.3 Å². The van der Waals surface area contributed by atoms with E-state index in [1.807, 2.05) is 36.5 Å². The van der Waals surface area contributed by atoms with E-state index in [2.05, 4.69) is 5.10 Å². The zero-order chi connectivity index (χ0) is 18.7. The van der Waals surface area contributed by atoms with Crippen LogP contribution in [0.3, 0.4) is 0 Å². The molecule has 1 unspecified atom stereocenters. The number of carbonyl (C=O) groups is 1. The van der Waals surface area contributed by atoms with Gasteiger partial charge in [0, 0.05) is 18.8 Å². The van der Waals surface area contributed by atoms with Crippen LogP contribution in [0.15, 0.2) is 24.3 Å². The summed E-state index contributed by atoms with van der Waals surface area (Å²) in [5.41, 5.74) is 2.80. The maximum absolute atomic E-state index is 11.9. The molecule has 0 aliphatic carbocycles. The van der Waals surface area contributed by atoms with Crippen molar-refractivity contribution >= 4 is 5.97 Å². The fourth-order valence-electron chi connectivity index (χ4n) is 3.32. The maximum atomic E-state index is 11.9. The highest BCUT2D eigenvalue weighted by atomic mass is 16.6. The van der Waals surface area contributed by atoms with Gasteiger partial charge >= 0.3 is 5.97 Å². The van der Waals surface area contributed by atoms with Crippen molar-refractivity contribution in [2.45, 2.75) is 32.9 Å². The van der Waals surface area contributed by atoms with E-state index in [-0.39, 0.29) is 0 Å². The van der Waals surface area contributed by atoms with E-state index in [4.69, 9.17) is 9.47 Å². The van der Waals surface area contributed by atoms with E-state index in [1.54, 1.807) is 18.2 Å². The Kier molecular flexibility index (Phi) is 5.46. The van der Waals surface area contributed by atoms with Gasteiger partial charge in [0.05, 0.1) is 5.69 Å². The molecule has 2 aromatic rings. The molecule has 0 fully saturated rings. The van der Waals surface area contributed by atoms with Gasteiger partial charge in [-0.05, 0) is 51.1 Å². The third kappa shape index (κ3) is 3.99. The SMILES string of the molecule is Cc1cc(C)n(CCCN(C)C(C(=O)O)c2ccc3c(c2)OCCO3)n1. The number of hydrogen-bond donors (Lipinski definition) is 1. The first-order valence-electron chi connectivity index (χ1n) is 8.79. The molecule has 0 bridgehead atoms. The Morgan fingerprint density at radius 1 is 1.27 bits per heavy atom. The Morgan fingerprint density at radius 3 is 2.65 bits per heavy atom. The molecule has 0 saturated carbocycles. The molecule has 3 rings (SSSR count). The minimum Gasteiger partial charge on any atom is -0.486 e. The van der Waals surface area contributed by atoms with Crippen LogP contribution in [0.5, 0.6) is 11.5 Å². The third-order valence-electron chi connectivity index (χ3n) is 4.54. The maximum Gasteiger partial charge on any atom is 0.325 e. The van der Waals surface area contributed by atoms with Gasteiger partial charge in [0.25, 0.3) is 0 Å². The van der Waals surface area contributed by atoms with Crippen molar-refractivity contribution in [3.63, 3.8) is 0 Å². The Labute approximate surface area is 153 Å². The van der Waals surface area contributed by atoms with Gasteiger partial charge in [-0.3, -0.25) is 14.4 Å². The number of aliphatic carboxylic acids is 1. The molecule has 1 N–H and O–H groups in total. The number of aromatic nitrogens is 2. The first-order valence-corrected chi connectivity index (χ1v) is 8.79. The van der Waals surface area contributed by atoms with E-state index < -0.39 is 12.0 Å². The molecule has 26 heavy (non-hydrogen) atoms. The molecule has 0 radical (unpaired) electrons. The molecule has 0 saturated heterocycles. The molecular formula is C19H25N3O4. The second kappa shape index (κ2) is 7.78. The standard InChI is InChI=1S/C19H25N3O4/c1-13-11-14(2)22(20-13)8-4-7-21(3)18(19(23)24)15-5-6-16-17(12-15)26-10-9-25-16/h5-6,11-12,18H,4,7-10H2,1-3H3,(H,23,24). The lowest BCUT2D eigenvalue weighted by Crippen LogP contribution is -2.32. The van der Waals surface area contributed by atoms with E-state index in [0.717, 1.165) is 24.4 Å². The molecule has 2 heterocycles. The van der Waals surface area contributed by atoms with Crippen LogP contribution < -0.4 is 9.47 Å². The van der Waals surface area contributed by atoms with E-state index in [1.165, 1.54) is 0 Å². The van der Waals surface area contributed by atoms with Crippen LogP contribution in [-0.4, -0.2) is 52.6 Å². The number of likely N-dealkylation sites (N-methyl/N-ethyl adjacent to an activating group) is 1. The van der Waals surface area contributed by atoms with Crippen molar-refractivity contribution in [3.05, 3.63) is 41.2 Å². The fourth-order valence-corrected chi connectivity index (χ4v) is 3.32. The topological polar surface area (TPSA) is 76.8 Å². The van der Waals surface area contributed by atoms with Crippen LogP contribution >= 0.6 is 0 Å². The van der Waals surface area contributed by atoms with Gasteiger partial charge in [-0.1, -0.05) is 6.07 Å². The Bertz CT molecular complexity index is 787. The highest BCUT2D eigenvalue weighted by molar-refractivity contribution is 5.76. The van der Waals surface area contributed by atoms with Crippen LogP contribution in [0, 0.1) is 13.8 Å². The largest absolute Gasteiger partial charge is 0.486 e. The monoisotopic (exact) mass is 359 g/mol. The average Bonchev–Trinajstić information content (AvgIpc) is 2.92. The molecule has 1 aromatic heterocycles. The summed E-state index contributed by atoms with van der Waals surface area (Å²) in [6.07, 6.45) is 0.812. The summed E-state index contributed by atoms with van der Waals surface area (Å²) in [5, 5.41) is 14.2. The highest BCUT2D eigenvalue weighted by Gasteiger charge is 2.26. The Balaban J connectivity index is 1.67. The smallest absolute Gasteiger partial charge is 0.325 e. The van der Waals surface area contributed by atoms with Gasteiger partial charge in [-0.25, -0.2) is 0 Å². The molecule has 7 heteroatoms. The molecular weight excluding hydrogens is 334 g/mol. The predicted octanol–water partition coefficient (Wildman–Crippen LogP) is 2.42. The summed E-state index contributed by atoms with van der Waals surface area (Å²) in [6, 6.07) is 6.66. The minimum atomic E-state index is -0.879. The lowest BCUT2D eigenvalue weighted by Gasteiger charge is -2.26. The summed E-state index contributed by atoms with van der Waals surface area (Å²) >= 11 is 0. The number of ether oxygens (including phenoxy) is 2. The van der Waals surface area contributed by atoms with Crippen molar-refractivity contribution in [2.75, 3.05) is 26.8 Å². The average molecular weight is 359 g/mol. The zero-order valence-corrected chi connectivity index (χ0v) is 15.4. The molecule has 140 valence electrons. The second-order valence-corrected chi connectivity index (χ2v) is 6.63. The number of carboxylic acid groups (broad SMARTS) is 1. The van der Waals surface area contributed by atoms with Crippen molar-refractivity contribution in [1.29, 1.82) is 0 Å². The number of nitrogens with zero attached hydrogens (tertiary/aromatic N) is 3. The van der Waals surface area contributed by atoms with Crippen LogP contribution in [0.4, 0.5) is 0 Å². The molecule has 1 aliphatic heterocycles. The summed E-state index contributed by atoms with van der Waals surface area (Å²) in [5.74, 6) is 0.391. The first kappa shape index (κ1) is 18.3. The number of aryl methyl sites for hydroxylation is 3. The van der Waals surface area contributed by atoms with Crippen molar-refractivity contribution in [3.8, 4) is 11.5 Å². The zero-order valence-electron chi connectivity index (χ0n) is 15.4. The molecule has 7 nitrogen and oxygen atoms in total. The normalized spacial score (nSPS) is 14.5. The molecule has 0 spiro atoms. The van der Waals surface area contributed by atoms with Crippen LogP contribution in [0.25, 0.3) is 0 Å². The van der Waals surface area contributed by atoms with Crippen molar-refractivity contribution < 1.29 is 19.4 Å². The first-order chi connectivity index (χ1) is 12.5. The predicted molar refractivity (Wildman–Crippen MR) is 96.8 cm³/mol. The summed E-state index contributed by atoms with van der Waals surface area (Å²) < 4.78 is 13.1. The van der Waals surface area contributed by atoms with E-state index >= 15 is 0 Å². The molecule has 0 amide bonds. The van der Waals surface area contributed by atoms with Gasteiger partial charge < -0.3 is 14.6 Å². The number of fused-ring (bicyclic) bond motifs is 1. The quantitative estimate of drug-likeness (QED) is 0.818. The molecule has 1 aliphatic rings. The Hall–Kier alpha value is -2.54. The van der Waals surface area contributed by atoms with Gasteiger partial charge in [-0.15, -0.1) is 0 Å². The summed E-state index contributed by atoms with van der Waals surface area (Å²) in [6.45, 7) is 6.39. The van der Waals surface area contributed by atoms with E-state index in [0.29, 0.717) is 36.8 Å². The highest BCUT2D eigenvalue weighted by Crippen LogP contribution is 2.34. The van der Waals surface area contributed by atoms with Crippen LogP contribution in [0.2, 0.25) is 0 Å². The third-order valence-corrected chi connectivity index (χ3v) is 4.54. The number of carboxylic acids is 1.